The third-order valence-corrected chi connectivity index (χ3v) is 2.90. The fourth-order valence-corrected chi connectivity index (χ4v) is 2.09. The summed E-state index contributed by atoms with van der Waals surface area (Å²) in [5.41, 5.74) is 0. The summed E-state index contributed by atoms with van der Waals surface area (Å²) in [6.45, 7) is 5.44. The molecule has 4 nitrogen and oxygen atoms in total. The van der Waals surface area contributed by atoms with Gasteiger partial charge in [0.15, 0.2) is 0 Å². The number of rotatable bonds is 6. The molecule has 0 spiro atoms. The second-order valence-electron chi connectivity index (χ2n) is 4.81. The van der Waals surface area contributed by atoms with Crippen LogP contribution in [0.4, 0.5) is 0 Å². The van der Waals surface area contributed by atoms with E-state index in [1.165, 1.54) is 19.3 Å². The van der Waals surface area contributed by atoms with Crippen LogP contribution >= 0.6 is 0 Å². The molecule has 15 heavy (non-hydrogen) atoms. The van der Waals surface area contributed by atoms with Gasteiger partial charge in [-0.05, 0) is 26.2 Å². The second-order valence-corrected chi connectivity index (χ2v) is 4.81. The van der Waals surface area contributed by atoms with E-state index in [1.807, 2.05) is 4.57 Å². The number of nitrogens with one attached hydrogen (secondary N) is 1. The molecule has 1 aromatic rings. The van der Waals surface area contributed by atoms with Crippen molar-refractivity contribution in [3.8, 4) is 0 Å². The van der Waals surface area contributed by atoms with E-state index in [0.29, 0.717) is 12.1 Å². The Bertz CT molecular complexity index is 279. The summed E-state index contributed by atoms with van der Waals surface area (Å²) in [6.07, 6.45) is 7.73. The summed E-state index contributed by atoms with van der Waals surface area (Å²) in [6, 6.07) is 1.11. The van der Waals surface area contributed by atoms with Gasteiger partial charge < -0.3 is 9.88 Å². The molecule has 2 atom stereocenters. The first-order valence-corrected chi connectivity index (χ1v) is 5.82. The first-order valence-electron chi connectivity index (χ1n) is 5.82. The van der Waals surface area contributed by atoms with Gasteiger partial charge in [0.25, 0.3) is 0 Å². The van der Waals surface area contributed by atoms with Gasteiger partial charge in [0.1, 0.15) is 12.7 Å². The molecule has 0 radical (unpaired) electrons. The molecule has 0 amide bonds. The van der Waals surface area contributed by atoms with Crippen molar-refractivity contribution < 1.29 is 0 Å². The molecule has 1 N–H and O–H groups in total. The number of aromatic nitrogens is 3. The van der Waals surface area contributed by atoms with E-state index in [1.54, 1.807) is 12.7 Å². The highest BCUT2D eigenvalue weighted by atomic mass is 15.2. The van der Waals surface area contributed by atoms with Gasteiger partial charge in [0.05, 0.1) is 0 Å². The SMILES string of the molecule is CC(CC1CC1)NC(C)Cn1cnnc1. The second kappa shape index (κ2) is 4.75. The fraction of sp³-hybridized carbons (Fsp3) is 0.818. The summed E-state index contributed by atoms with van der Waals surface area (Å²) < 4.78 is 2.02. The van der Waals surface area contributed by atoms with Crippen LogP contribution in [-0.2, 0) is 6.54 Å². The van der Waals surface area contributed by atoms with Crippen molar-refractivity contribution >= 4 is 0 Å². The first kappa shape index (κ1) is 10.6. The minimum atomic E-state index is 0.481. The van der Waals surface area contributed by atoms with Crippen LogP contribution in [0.25, 0.3) is 0 Å². The largest absolute Gasteiger partial charge is 0.319 e. The van der Waals surface area contributed by atoms with Crippen LogP contribution < -0.4 is 5.32 Å². The van der Waals surface area contributed by atoms with Gasteiger partial charge in [0, 0.05) is 18.6 Å². The summed E-state index contributed by atoms with van der Waals surface area (Å²) in [5, 5.41) is 11.2. The van der Waals surface area contributed by atoms with Crippen LogP contribution in [0.3, 0.4) is 0 Å². The van der Waals surface area contributed by atoms with Crippen LogP contribution in [0.5, 0.6) is 0 Å². The van der Waals surface area contributed by atoms with Gasteiger partial charge in [-0.15, -0.1) is 10.2 Å². The highest BCUT2D eigenvalue weighted by Crippen LogP contribution is 2.33. The van der Waals surface area contributed by atoms with Gasteiger partial charge in [-0.1, -0.05) is 12.8 Å². The van der Waals surface area contributed by atoms with Crippen LogP contribution in [-0.4, -0.2) is 26.8 Å². The zero-order valence-corrected chi connectivity index (χ0v) is 9.56. The Morgan fingerprint density at radius 1 is 1.27 bits per heavy atom. The van der Waals surface area contributed by atoms with Crippen LogP contribution in [0.2, 0.25) is 0 Å². The Labute approximate surface area is 91.1 Å². The minimum Gasteiger partial charge on any atom is -0.319 e. The van der Waals surface area contributed by atoms with Crippen molar-refractivity contribution in [3.05, 3.63) is 12.7 Å². The van der Waals surface area contributed by atoms with E-state index in [2.05, 4.69) is 29.4 Å². The van der Waals surface area contributed by atoms with E-state index in [4.69, 9.17) is 0 Å². The normalized spacial score (nSPS) is 20.1. The van der Waals surface area contributed by atoms with Crippen molar-refractivity contribution in [1.29, 1.82) is 0 Å². The molecule has 4 heteroatoms. The molecular weight excluding hydrogens is 188 g/mol. The number of hydrogen-bond donors (Lipinski definition) is 1. The standard InChI is InChI=1S/C11H20N4/c1-9(5-11-3-4-11)14-10(2)6-15-7-12-13-8-15/h7-11,14H,3-6H2,1-2H3. The maximum Gasteiger partial charge on any atom is 0.119 e. The highest BCUT2D eigenvalue weighted by molar-refractivity contribution is 4.79. The fourth-order valence-electron chi connectivity index (χ4n) is 2.09. The van der Waals surface area contributed by atoms with Crippen molar-refractivity contribution in [3.63, 3.8) is 0 Å². The molecule has 0 aromatic carbocycles. The lowest BCUT2D eigenvalue weighted by molar-refractivity contribution is 0.397. The highest BCUT2D eigenvalue weighted by Gasteiger charge is 2.23. The molecule has 1 saturated carbocycles. The van der Waals surface area contributed by atoms with Crippen LogP contribution in [0.1, 0.15) is 33.1 Å². The Morgan fingerprint density at radius 2 is 1.93 bits per heavy atom. The van der Waals surface area contributed by atoms with E-state index < -0.39 is 0 Å². The maximum atomic E-state index is 3.80. The summed E-state index contributed by atoms with van der Waals surface area (Å²) in [4.78, 5) is 0. The minimum absolute atomic E-state index is 0.481. The lowest BCUT2D eigenvalue weighted by atomic mass is 10.1. The quantitative estimate of drug-likeness (QED) is 0.769. The molecule has 1 aliphatic rings. The van der Waals surface area contributed by atoms with Crippen molar-refractivity contribution in [2.24, 2.45) is 5.92 Å². The summed E-state index contributed by atoms with van der Waals surface area (Å²) >= 11 is 0. The van der Waals surface area contributed by atoms with Gasteiger partial charge in [-0.25, -0.2) is 0 Å². The molecule has 2 unspecified atom stereocenters. The zero-order valence-electron chi connectivity index (χ0n) is 9.56. The molecule has 0 aliphatic heterocycles. The molecule has 84 valence electrons. The van der Waals surface area contributed by atoms with E-state index in [9.17, 15) is 0 Å². The van der Waals surface area contributed by atoms with E-state index in [-0.39, 0.29) is 0 Å². The molecule has 1 aromatic heterocycles. The Hall–Kier alpha value is -0.900. The molecule has 1 fully saturated rings. The Balaban J connectivity index is 1.68. The van der Waals surface area contributed by atoms with E-state index in [0.717, 1.165) is 12.5 Å². The molecular formula is C11H20N4. The third-order valence-electron chi connectivity index (χ3n) is 2.90. The third kappa shape index (κ3) is 3.63. The molecule has 0 bridgehead atoms. The van der Waals surface area contributed by atoms with Crippen molar-refractivity contribution in [1.82, 2.24) is 20.1 Å². The van der Waals surface area contributed by atoms with Gasteiger partial charge in [0.2, 0.25) is 0 Å². The van der Waals surface area contributed by atoms with Crippen LogP contribution in [0, 0.1) is 5.92 Å². The average Bonchev–Trinajstić information content (AvgIpc) is 2.80. The molecule has 0 saturated heterocycles. The van der Waals surface area contributed by atoms with E-state index >= 15 is 0 Å². The summed E-state index contributed by atoms with van der Waals surface area (Å²) in [7, 11) is 0. The smallest absolute Gasteiger partial charge is 0.119 e. The lowest BCUT2D eigenvalue weighted by Crippen LogP contribution is -2.37. The average molecular weight is 208 g/mol. The number of hydrogen-bond acceptors (Lipinski definition) is 3. The topological polar surface area (TPSA) is 42.7 Å². The Kier molecular flexibility index (Phi) is 3.36. The Morgan fingerprint density at radius 3 is 2.53 bits per heavy atom. The first-order chi connectivity index (χ1) is 7.24. The van der Waals surface area contributed by atoms with Crippen molar-refractivity contribution in [2.45, 2.75) is 51.7 Å². The van der Waals surface area contributed by atoms with Crippen LogP contribution in [0.15, 0.2) is 12.7 Å². The zero-order chi connectivity index (χ0) is 10.7. The monoisotopic (exact) mass is 208 g/mol. The van der Waals surface area contributed by atoms with Crippen molar-refractivity contribution in [2.75, 3.05) is 0 Å². The van der Waals surface area contributed by atoms with Gasteiger partial charge in [-0.3, -0.25) is 0 Å². The summed E-state index contributed by atoms with van der Waals surface area (Å²) in [5.74, 6) is 0.995. The predicted molar refractivity (Wildman–Crippen MR) is 59.4 cm³/mol. The van der Waals surface area contributed by atoms with Gasteiger partial charge >= 0.3 is 0 Å². The molecule has 1 aliphatic carbocycles. The number of nitrogens with zero attached hydrogens (tertiary/aromatic N) is 3. The maximum absolute atomic E-state index is 3.80. The molecule has 1 heterocycles. The lowest BCUT2D eigenvalue weighted by Gasteiger charge is -2.19. The van der Waals surface area contributed by atoms with Gasteiger partial charge in [-0.2, -0.15) is 0 Å². The molecule has 2 rings (SSSR count). The predicted octanol–water partition coefficient (Wildman–Crippen LogP) is 1.44.